The summed E-state index contributed by atoms with van der Waals surface area (Å²) in [6, 6.07) is 4.65. The number of ether oxygens (including phenoxy) is 1. The molecule has 8 heteroatoms. The molecule has 1 amide bonds. The number of benzene rings is 1. The Morgan fingerprint density at radius 3 is 2.76 bits per heavy atom. The van der Waals surface area contributed by atoms with Gasteiger partial charge in [0.25, 0.3) is 5.91 Å². The average Bonchev–Trinajstić information content (AvgIpc) is 2.87. The molecule has 134 valence electrons. The van der Waals surface area contributed by atoms with Gasteiger partial charge in [-0.25, -0.2) is 0 Å². The highest BCUT2D eigenvalue weighted by Gasteiger charge is 2.31. The molecule has 2 heterocycles. The van der Waals surface area contributed by atoms with Crippen molar-refractivity contribution in [3.63, 3.8) is 0 Å². The number of nitrogens with zero attached hydrogens (tertiary/aromatic N) is 2. The van der Waals surface area contributed by atoms with Gasteiger partial charge < -0.3 is 14.9 Å². The molecule has 0 saturated carbocycles. The van der Waals surface area contributed by atoms with Gasteiger partial charge in [0.15, 0.2) is 11.5 Å². The summed E-state index contributed by atoms with van der Waals surface area (Å²) in [7, 11) is 0. The number of aromatic hydroxyl groups is 2. The van der Waals surface area contributed by atoms with Crippen LogP contribution in [-0.4, -0.2) is 69.6 Å². The Labute approximate surface area is 156 Å². The second kappa shape index (κ2) is 8.18. The second-order valence-corrected chi connectivity index (χ2v) is 7.53. The van der Waals surface area contributed by atoms with Gasteiger partial charge in [0.05, 0.1) is 18.1 Å². The first-order valence-electron chi connectivity index (χ1n) is 8.12. The van der Waals surface area contributed by atoms with Crippen molar-refractivity contribution >= 4 is 40.3 Å². The molecule has 6 nitrogen and oxygen atoms in total. The van der Waals surface area contributed by atoms with Crippen LogP contribution in [0.2, 0.25) is 0 Å². The molecule has 0 aromatic heterocycles. The fourth-order valence-corrected chi connectivity index (χ4v) is 4.08. The molecule has 2 aliphatic heterocycles. The van der Waals surface area contributed by atoms with E-state index in [0.29, 0.717) is 21.3 Å². The first kappa shape index (κ1) is 18.2. The standard InChI is InChI=1S/C17H20N2O4S2/c20-13-4-1-3-12(15(13)21)11-14-16(22)19(17(24)25-14)6-2-5-18-7-9-23-10-8-18/h1,3-4,11,20-21H,2,5-10H2. The highest BCUT2D eigenvalue weighted by Crippen LogP contribution is 2.36. The molecule has 0 spiro atoms. The number of para-hydroxylation sites is 1. The summed E-state index contributed by atoms with van der Waals surface area (Å²) in [4.78, 5) is 17.0. The molecule has 2 N–H and O–H groups in total. The molecule has 0 radical (unpaired) electrons. The lowest BCUT2D eigenvalue weighted by Gasteiger charge is -2.27. The summed E-state index contributed by atoms with van der Waals surface area (Å²) in [5.74, 6) is -0.602. The third-order valence-electron chi connectivity index (χ3n) is 4.17. The summed E-state index contributed by atoms with van der Waals surface area (Å²) in [5, 5.41) is 19.4. The van der Waals surface area contributed by atoms with Gasteiger partial charge in [-0.1, -0.05) is 36.1 Å². The molecule has 0 aliphatic carbocycles. The number of rotatable bonds is 5. The maximum Gasteiger partial charge on any atom is 0.266 e. The van der Waals surface area contributed by atoms with E-state index in [2.05, 4.69) is 4.90 Å². The normalized spacial score (nSPS) is 20.6. The summed E-state index contributed by atoms with van der Waals surface area (Å²) < 4.78 is 5.85. The van der Waals surface area contributed by atoms with Crippen LogP contribution < -0.4 is 0 Å². The molecule has 2 fully saturated rings. The Balaban J connectivity index is 1.61. The number of amides is 1. The van der Waals surface area contributed by atoms with Gasteiger partial charge in [0.1, 0.15) is 4.32 Å². The number of hydrogen-bond acceptors (Lipinski definition) is 7. The summed E-state index contributed by atoms with van der Waals surface area (Å²) in [6.07, 6.45) is 2.41. The molecule has 3 rings (SSSR count). The molecule has 25 heavy (non-hydrogen) atoms. The van der Waals surface area contributed by atoms with E-state index in [9.17, 15) is 15.0 Å². The van der Waals surface area contributed by atoms with Gasteiger partial charge in [-0.3, -0.25) is 14.6 Å². The zero-order chi connectivity index (χ0) is 17.8. The SMILES string of the molecule is O=C1C(=Cc2cccc(O)c2O)SC(=S)N1CCCN1CCOCC1. The van der Waals surface area contributed by atoms with E-state index in [1.165, 1.54) is 17.8 Å². The van der Waals surface area contributed by atoms with Crippen LogP contribution in [0.25, 0.3) is 6.08 Å². The van der Waals surface area contributed by atoms with Crippen LogP contribution in [0, 0.1) is 0 Å². The Kier molecular flexibility index (Phi) is 5.95. The smallest absolute Gasteiger partial charge is 0.266 e. The number of thiocarbonyl (C=S) groups is 1. The quantitative estimate of drug-likeness (QED) is 0.460. The summed E-state index contributed by atoms with van der Waals surface area (Å²) in [6.45, 7) is 4.86. The maximum absolute atomic E-state index is 12.6. The highest BCUT2D eigenvalue weighted by molar-refractivity contribution is 8.26. The third kappa shape index (κ3) is 4.33. The Bertz CT molecular complexity index is 702. The van der Waals surface area contributed by atoms with E-state index in [1.807, 2.05) is 0 Å². The predicted octanol–water partition coefficient (Wildman–Crippen LogP) is 2.02. The number of thioether (sulfide) groups is 1. The molecular weight excluding hydrogens is 360 g/mol. The fraction of sp³-hybridized carbons (Fsp3) is 0.412. The average molecular weight is 380 g/mol. The van der Waals surface area contributed by atoms with Crippen LogP contribution in [0.4, 0.5) is 0 Å². The fourth-order valence-electron chi connectivity index (χ4n) is 2.78. The molecule has 0 atom stereocenters. The van der Waals surface area contributed by atoms with Crippen molar-refractivity contribution in [2.45, 2.75) is 6.42 Å². The van der Waals surface area contributed by atoms with E-state index < -0.39 is 0 Å². The van der Waals surface area contributed by atoms with Crippen LogP contribution in [-0.2, 0) is 9.53 Å². The van der Waals surface area contributed by atoms with Crippen molar-refractivity contribution in [3.8, 4) is 11.5 Å². The van der Waals surface area contributed by atoms with Crippen molar-refractivity contribution in [1.82, 2.24) is 9.80 Å². The summed E-state index contributed by atoms with van der Waals surface area (Å²) >= 11 is 6.54. The van der Waals surface area contributed by atoms with Gasteiger partial charge in [-0.05, 0) is 18.6 Å². The van der Waals surface area contributed by atoms with E-state index in [1.54, 1.807) is 23.1 Å². The molecular formula is C17H20N2O4S2. The predicted molar refractivity (Wildman–Crippen MR) is 102 cm³/mol. The molecule has 1 aromatic carbocycles. The first-order valence-corrected chi connectivity index (χ1v) is 9.35. The molecule has 0 unspecified atom stereocenters. The van der Waals surface area contributed by atoms with Gasteiger partial charge in [0, 0.05) is 31.7 Å². The van der Waals surface area contributed by atoms with Crippen molar-refractivity contribution in [3.05, 3.63) is 28.7 Å². The van der Waals surface area contributed by atoms with Crippen molar-refractivity contribution < 1.29 is 19.7 Å². The number of phenolic OH excluding ortho intramolecular Hbond substituents is 2. The van der Waals surface area contributed by atoms with E-state index >= 15 is 0 Å². The zero-order valence-electron chi connectivity index (χ0n) is 13.7. The molecule has 2 aliphatic rings. The largest absolute Gasteiger partial charge is 0.504 e. The number of hydrogen-bond donors (Lipinski definition) is 2. The molecule has 2 saturated heterocycles. The number of carbonyl (C=O) groups is 1. The minimum Gasteiger partial charge on any atom is -0.504 e. The second-order valence-electron chi connectivity index (χ2n) is 5.86. The third-order valence-corrected chi connectivity index (χ3v) is 5.54. The number of phenols is 2. The van der Waals surface area contributed by atoms with Gasteiger partial charge in [0.2, 0.25) is 0 Å². The number of morpholine rings is 1. The van der Waals surface area contributed by atoms with Crippen molar-refractivity contribution in [1.29, 1.82) is 0 Å². The van der Waals surface area contributed by atoms with Crippen LogP contribution in [0.1, 0.15) is 12.0 Å². The van der Waals surface area contributed by atoms with Crippen molar-refractivity contribution in [2.24, 2.45) is 0 Å². The van der Waals surface area contributed by atoms with E-state index in [4.69, 9.17) is 17.0 Å². The Morgan fingerprint density at radius 2 is 2.00 bits per heavy atom. The lowest BCUT2D eigenvalue weighted by atomic mass is 10.1. The van der Waals surface area contributed by atoms with E-state index in [-0.39, 0.29) is 17.4 Å². The Hall–Kier alpha value is -1.61. The summed E-state index contributed by atoms with van der Waals surface area (Å²) in [5.41, 5.74) is 0.397. The van der Waals surface area contributed by atoms with E-state index in [0.717, 1.165) is 39.3 Å². The van der Waals surface area contributed by atoms with Gasteiger partial charge in [-0.2, -0.15) is 0 Å². The molecule has 0 bridgehead atoms. The van der Waals surface area contributed by atoms with Crippen LogP contribution in [0.15, 0.2) is 23.1 Å². The lowest BCUT2D eigenvalue weighted by Crippen LogP contribution is -2.38. The topological polar surface area (TPSA) is 73.2 Å². The van der Waals surface area contributed by atoms with Gasteiger partial charge >= 0.3 is 0 Å². The highest BCUT2D eigenvalue weighted by atomic mass is 32.2. The molecule has 1 aromatic rings. The number of carbonyl (C=O) groups excluding carboxylic acids is 1. The van der Waals surface area contributed by atoms with Crippen LogP contribution in [0.5, 0.6) is 11.5 Å². The van der Waals surface area contributed by atoms with Crippen LogP contribution in [0.3, 0.4) is 0 Å². The minimum atomic E-state index is -0.236. The minimum absolute atomic E-state index is 0.153. The van der Waals surface area contributed by atoms with Gasteiger partial charge in [-0.15, -0.1) is 0 Å². The maximum atomic E-state index is 12.6. The Morgan fingerprint density at radius 1 is 1.24 bits per heavy atom. The van der Waals surface area contributed by atoms with Crippen LogP contribution >= 0.6 is 24.0 Å². The first-order chi connectivity index (χ1) is 12.1. The monoisotopic (exact) mass is 380 g/mol. The lowest BCUT2D eigenvalue weighted by molar-refractivity contribution is -0.122. The zero-order valence-corrected chi connectivity index (χ0v) is 15.3. The van der Waals surface area contributed by atoms with Crippen molar-refractivity contribution in [2.75, 3.05) is 39.4 Å².